The highest BCUT2D eigenvalue weighted by Crippen LogP contribution is 2.32. The molecular weight excluding hydrogens is 402 g/mol. The maximum Gasteiger partial charge on any atom is 0.0924 e. The SMILES string of the molecule is Brc1cc(CNc2ccc(-c3cnc[nH]3)cc2)sc1Br. The van der Waals surface area contributed by atoms with Crippen molar-refractivity contribution in [2.45, 2.75) is 6.54 Å². The van der Waals surface area contributed by atoms with Crippen molar-refractivity contribution in [1.82, 2.24) is 9.97 Å². The highest BCUT2D eigenvalue weighted by atomic mass is 79.9. The molecule has 20 heavy (non-hydrogen) atoms. The van der Waals surface area contributed by atoms with Crippen molar-refractivity contribution in [2.75, 3.05) is 5.32 Å². The molecule has 2 aromatic heterocycles. The Kier molecular flexibility index (Phi) is 4.24. The Morgan fingerprint density at radius 1 is 1.20 bits per heavy atom. The summed E-state index contributed by atoms with van der Waals surface area (Å²) in [7, 11) is 0. The van der Waals surface area contributed by atoms with Crippen LogP contribution in [0.1, 0.15) is 4.88 Å². The molecule has 2 heterocycles. The fraction of sp³-hybridized carbons (Fsp3) is 0.0714. The molecule has 0 unspecified atom stereocenters. The number of nitrogens with zero attached hydrogens (tertiary/aromatic N) is 1. The van der Waals surface area contributed by atoms with Gasteiger partial charge in [0.25, 0.3) is 0 Å². The van der Waals surface area contributed by atoms with Crippen molar-refractivity contribution in [3.63, 3.8) is 0 Å². The summed E-state index contributed by atoms with van der Waals surface area (Å²) < 4.78 is 2.23. The monoisotopic (exact) mass is 411 g/mol. The molecule has 0 aliphatic rings. The predicted octanol–water partition coefficient (Wildman–Crippen LogP) is 5.28. The van der Waals surface area contributed by atoms with Crippen molar-refractivity contribution in [1.29, 1.82) is 0 Å². The lowest BCUT2D eigenvalue weighted by Crippen LogP contribution is -1.96. The topological polar surface area (TPSA) is 40.7 Å². The smallest absolute Gasteiger partial charge is 0.0924 e. The van der Waals surface area contributed by atoms with E-state index in [-0.39, 0.29) is 0 Å². The van der Waals surface area contributed by atoms with Crippen molar-refractivity contribution in [3.05, 3.63) is 56.0 Å². The van der Waals surface area contributed by atoms with Gasteiger partial charge < -0.3 is 10.3 Å². The van der Waals surface area contributed by atoms with Crippen LogP contribution in [0, 0.1) is 0 Å². The molecule has 0 spiro atoms. The lowest BCUT2D eigenvalue weighted by molar-refractivity contribution is 1.19. The lowest BCUT2D eigenvalue weighted by atomic mass is 10.1. The van der Waals surface area contributed by atoms with Gasteiger partial charge in [0.1, 0.15) is 0 Å². The second-order valence-corrected chi connectivity index (χ2v) is 7.54. The Balaban J connectivity index is 1.66. The van der Waals surface area contributed by atoms with Gasteiger partial charge in [0, 0.05) is 21.6 Å². The Bertz CT molecular complexity index is 670. The molecule has 0 fully saturated rings. The van der Waals surface area contributed by atoms with Gasteiger partial charge in [-0.1, -0.05) is 12.1 Å². The highest BCUT2D eigenvalue weighted by Gasteiger charge is 2.04. The number of hydrogen-bond acceptors (Lipinski definition) is 3. The number of anilines is 1. The summed E-state index contributed by atoms with van der Waals surface area (Å²) in [5.74, 6) is 0. The van der Waals surface area contributed by atoms with Crippen LogP contribution >= 0.6 is 43.2 Å². The van der Waals surface area contributed by atoms with Crippen molar-refractivity contribution in [2.24, 2.45) is 0 Å². The number of H-pyrrole nitrogens is 1. The number of thiophene rings is 1. The Hall–Kier alpha value is -1.11. The van der Waals surface area contributed by atoms with E-state index >= 15 is 0 Å². The molecule has 0 aliphatic heterocycles. The summed E-state index contributed by atoms with van der Waals surface area (Å²) in [5, 5.41) is 3.42. The van der Waals surface area contributed by atoms with Crippen LogP contribution in [0.25, 0.3) is 11.3 Å². The van der Waals surface area contributed by atoms with Crippen LogP contribution in [0.2, 0.25) is 0 Å². The Labute approximate surface area is 137 Å². The predicted molar refractivity (Wildman–Crippen MR) is 91.1 cm³/mol. The standard InChI is InChI=1S/C14H11Br2N3S/c15-12-5-11(20-14(12)16)6-18-10-3-1-9(2-4-10)13-7-17-8-19-13/h1-5,7-8,18H,6H2,(H,17,19). The highest BCUT2D eigenvalue weighted by molar-refractivity contribution is 9.13. The van der Waals surface area contributed by atoms with Gasteiger partial charge in [-0.05, 0) is 55.6 Å². The average Bonchev–Trinajstić information content (AvgIpc) is 3.08. The van der Waals surface area contributed by atoms with Crippen LogP contribution in [0.4, 0.5) is 5.69 Å². The van der Waals surface area contributed by atoms with Gasteiger partial charge in [-0.2, -0.15) is 0 Å². The maximum absolute atomic E-state index is 4.03. The number of halogens is 2. The number of hydrogen-bond donors (Lipinski definition) is 2. The molecule has 0 radical (unpaired) electrons. The summed E-state index contributed by atoms with van der Waals surface area (Å²) in [6, 6.07) is 10.4. The number of nitrogens with one attached hydrogen (secondary N) is 2. The van der Waals surface area contributed by atoms with Gasteiger partial charge in [-0.3, -0.25) is 0 Å². The second kappa shape index (κ2) is 6.11. The van der Waals surface area contributed by atoms with Gasteiger partial charge in [-0.25, -0.2) is 4.98 Å². The van der Waals surface area contributed by atoms with Gasteiger partial charge in [-0.15, -0.1) is 11.3 Å². The van der Waals surface area contributed by atoms with Crippen molar-refractivity contribution in [3.8, 4) is 11.3 Å². The molecule has 3 nitrogen and oxygen atoms in total. The molecule has 0 bridgehead atoms. The Morgan fingerprint density at radius 2 is 2.00 bits per heavy atom. The van der Waals surface area contributed by atoms with E-state index < -0.39 is 0 Å². The first kappa shape index (κ1) is 13.9. The van der Waals surface area contributed by atoms with Crippen molar-refractivity contribution >= 4 is 48.9 Å². The van der Waals surface area contributed by atoms with E-state index in [0.29, 0.717) is 0 Å². The molecule has 6 heteroatoms. The summed E-state index contributed by atoms with van der Waals surface area (Å²) >= 11 is 8.74. The molecule has 3 aromatic rings. The third kappa shape index (κ3) is 3.13. The van der Waals surface area contributed by atoms with E-state index in [1.54, 1.807) is 17.7 Å². The van der Waals surface area contributed by atoms with Crippen molar-refractivity contribution < 1.29 is 0 Å². The zero-order valence-electron chi connectivity index (χ0n) is 10.4. The molecule has 0 atom stereocenters. The molecule has 102 valence electrons. The fourth-order valence-corrected chi connectivity index (χ4v) is 3.97. The van der Waals surface area contributed by atoms with Crippen LogP contribution in [0.3, 0.4) is 0 Å². The molecule has 1 aromatic carbocycles. The molecule has 0 aliphatic carbocycles. The summed E-state index contributed by atoms with van der Waals surface area (Å²) in [6.45, 7) is 0.818. The van der Waals surface area contributed by atoms with Crippen LogP contribution in [0.5, 0.6) is 0 Å². The van der Waals surface area contributed by atoms with Gasteiger partial charge >= 0.3 is 0 Å². The molecule has 0 saturated carbocycles. The minimum absolute atomic E-state index is 0.818. The van der Waals surface area contributed by atoms with Crippen LogP contribution in [-0.2, 0) is 6.54 Å². The number of benzene rings is 1. The number of aromatic amines is 1. The van der Waals surface area contributed by atoms with Gasteiger partial charge in [0.15, 0.2) is 0 Å². The lowest BCUT2D eigenvalue weighted by Gasteiger charge is -2.05. The minimum Gasteiger partial charge on any atom is -0.380 e. The van der Waals surface area contributed by atoms with E-state index in [9.17, 15) is 0 Å². The zero-order valence-corrected chi connectivity index (χ0v) is 14.3. The largest absolute Gasteiger partial charge is 0.380 e. The molecule has 0 saturated heterocycles. The summed E-state index contributed by atoms with van der Waals surface area (Å²) in [4.78, 5) is 8.41. The molecule has 0 amide bonds. The van der Waals surface area contributed by atoms with Crippen LogP contribution < -0.4 is 5.32 Å². The molecular formula is C14H11Br2N3S. The van der Waals surface area contributed by atoms with E-state index in [2.05, 4.69) is 77.5 Å². The average molecular weight is 413 g/mol. The van der Waals surface area contributed by atoms with Gasteiger partial charge in [0.05, 0.1) is 22.0 Å². The maximum atomic E-state index is 4.03. The summed E-state index contributed by atoms with van der Waals surface area (Å²) in [6.07, 6.45) is 3.51. The van der Waals surface area contributed by atoms with Crippen LogP contribution in [-0.4, -0.2) is 9.97 Å². The van der Waals surface area contributed by atoms with E-state index in [1.807, 2.05) is 6.20 Å². The quantitative estimate of drug-likeness (QED) is 0.612. The third-order valence-electron chi connectivity index (χ3n) is 2.86. The summed E-state index contributed by atoms with van der Waals surface area (Å²) in [5.41, 5.74) is 3.27. The number of aromatic nitrogens is 2. The first-order valence-corrected chi connectivity index (χ1v) is 8.39. The minimum atomic E-state index is 0.818. The normalized spacial score (nSPS) is 10.7. The number of imidazole rings is 1. The first-order chi connectivity index (χ1) is 9.72. The Morgan fingerprint density at radius 3 is 2.60 bits per heavy atom. The van der Waals surface area contributed by atoms with E-state index in [4.69, 9.17) is 0 Å². The van der Waals surface area contributed by atoms with Crippen LogP contribution in [0.15, 0.2) is 51.1 Å². The van der Waals surface area contributed by atoms with Gasteiger partial charge in [0.2, 0.25) is 0 Å². The molecule has 2 N–H and O–H groups in total. The zero-order chi connectivity index (χ0) is 13.9. The molecule has 3 rings (SSSR count). The van der Waals surface area contributed by atoms with E-state index in [0.717, 1.165) is 31.7 Å². The third-order valence-corrected chi connectivity index (χ3v) is 6.11. The first-order valence-electron chi connectivity index (χ1n) is 5.99. The second-order valence-electron chi connectivity index (χ2n) is 4.23. The fourth-order valence-electron chi connectivity index (χ4n) is 1.85. The number of rotatable bonds is 4. The van der Waals surface area contributed by atoms with E-state index in [1.165, 1.54) is 4.88 Å².